The summed E-state index contributed by atoms with van der Waals surface area (Å²) in [6.07, 6.45) is -3.25. The minimum absolute atomic E-state index is 0.0275. The molecule has 4 nitrogen and oxygen atoms in total. The first-order chi connectivity index (χ1) is 13.2. The van der Waals surface area contributed by atoms with Gasteiger partial charge in [0.15, 0.2) is 5.82 Å². The highest BCUT2D eigenvalue weighted by Crippen LogP contribution is 2.37. The van der Waals surface area contributed by atoms with Crippen LogP contribution < -0.4 is 5.73 Å². The SMILES string of the molecule is Nc1cc(-c2ccccc2C(F)(F)F)nc(-c2c[nH]c3c(F)cc(F)cc23)n1. The molecule has 142 valence electrons. The zero-order valence-electron chi connectivity index (χ0n) is 14.0. The standard InChI is InChI=1S/C19H11F5N4/c20-9-5-11-12(8-26-17(11)14(21)6-9)18-27-15(7-16(25)28-18)10-3-1-2-4-13(10)19(22,23)24/h1-8,26H,(H2,25,27,28). The molecule has 0 spiro atoms. The van der Waals surface area contributed by atoms with E-state index < -0.39 is 23.4 Å². The van der Waals surface area contributed by atoms with Gasteiger partial charge in [-0.2, -0.15) is 13.2 Å². The Morgan fingerprint density at radius 3 is 2.43 bits per heavy atom. The Hall–Kier alpha value is -3.49. The molecule has 2 aromatic heterocycles. The Morgan fingerprint density at radius 1 is 0.929 bits per heavy atom. The maximum Gasteiger partial charge on any atom is 0.417 e. The lowest BCUT2D eigenvalue weighted by Gasteiger charge is -2.13. The molecule has 9 heteroatoms. The maximum absolute atomic E-state index is 13.9. The normalized spacial score (nSPS) is 11.9. The molecule has 0 fully saturated rings. The van der Waals surface area contributed by atoms with E-state index in [1.54, 1.807) is 0 Å². The molecule has 0 atom stereocenters. The molecule has 0 aliphatic rings. The predicted octanol–water partition coefficient (Wildman–Crippen LogP) is 5.17. The first-order valence-corrected chi connectivity index (χ1v) is 8.01. The molecule has 0 saturated heterocycles. The van der Waals surface area contributed by atoms with E-state index in [0.29, 0.717) is 6.07 Å². The van der Waals surface area contributed by atoms with Crippen LogP contribution in [-0.2, 0) is 6.18 Å². The number of nitrogens with two attached hydrogens (primary N) is 1. The molecule has 4 aromatic rings. The van der Waals surface area contributed by atoms with E-state index in [0.717, 1.165) is 12.1 Å². The fourth-order valence-electron chi connectivity index (χ4n) is 3.02. The van der Waals surface area contributed by atoms with E-state index in [-0.39, 0.29) is 39.4 Å². The van der Waals surface area contributed by atoms with Gasteiger partial charge in [-0.25, -0.2) is 18.7 Å². The number of rotatable bonds is 2. The molecule has 2 aromatic carbocycles. The quantitative estimate of drug-likeness (QED) is 0.464. The number of alkyl halides is 3. The fraction of sp³-hybridized carbons (Fsp3) is 0.0526. The van der Waals surface area contributed by atoms with Crippen LogP contribution in [0.15, 0.2) is 48.7 Å². The van der Waals surface area contributed by atoms with Crippen molar-refractivity contribution >= 4 is 16.7 Å². The van der Waals surface area contributed by atoms with Crippen LogP contribution in [0.25, 0.3) is 33.5 Å². The van der Waals surface area contributed by atoms with Crippen molar-refractivity contribution in [2.24, 2.45) is 0 Å². The van der Waals surface area contributed by atoms with Gasteiger partial charge in [0.1, 0.15) is 17.5 Å². The highest BCUT2D eigenvalue weighted by molar-refractivity contribution is 5.94. The Kier molecular flexibility index (Phi) is 4.02. The number of hydrogen-bond acceptors (Lipinski definition) is 3. The molecule has 0 unspecified atom stereocenters. The van der Waals surface area contributed by atoms with Gasteiger partial charge in [-0.15, -0.1) is 0 Å². The van der Waals surface area contributed by atoms with Crippen LogP contribution in [0.3, 0.4) is 0 Å². The van der Waals surface area contributed by atoms with E-state index in [2.05, 4.69) is 15.0 Å². The molecule has 3 N–H and O–H groups in total. The van der Waals surface area contributed by atoms with E-state index >= 15 is 0 Å². The second kappa shape index (κ2) is 6.29. The van der Waals surface area contributed by atoms with Crippen LogP contribution in [0.5, 0.6) is 0 Å². The van der Waals surface area contributed by atoms with Gasteiger partial charge in [-0.1, -0.05) is 18.2 Å². The summed E-state index contributed by atoms with van der Waals surface area (Å²) in [5.74, 6) is -1.75. The second-order valence-corrected chi connectivity index (χ2v) is 6.06. The van der Waals surface area contributed by atoms with Gasteiger partial charge >= 0.3 is 6.18 Å². The van der Waals surface area contributed by atoms with Crippen molar-refractivity contribution in [2.75, 3.05) is 5.73 Å². The number of hydrogen-bond donors (Lipinski definition) is 2. The number of nitrogens with one attached hydrogen (secondary N) is 1. The minimum atomic E-state index is -4.59. The van der Waals surface area contributed by atoms with Gasteiger partial charge in [-0.3, -0.25) is 0 Å². The summed E-state index contributed by atoms with van der Waals surface area (Å²) in [6, 6.07) is 7.92. The monoisotopic (exact) mass is 390 g/mol. The molecule has 4 rings (SSSR count). The fourth-order valence-corrected chi connectivity index (χ4v) is 3.02. The lowest BCUT2D eigenvalue weighted by molar-refractivity contribution is -0.137. The number of nitrogen functional groups attached to an aromatic ring is 1. The highest BCUT2D eigenvalue weighted by atomic mass is 19.4. The third-order valence-electron chi connectivity index (χ3n) is 4.20. The molecular formula is C19H11F5N4. The summed E-state index contributed by atoms with van der Waals surface area (Å²) in [4.78, 5) is 10.9. The van der Waals surface area contributed by atoms with Crippen molar-refractivity contribution < 1.29 is 22.0 Å². The van der Waals surface area contributed by atoms with Crippen LogP contribution in [0.4, 0.5) is 27.8 Å². The topological polar surface area (TPSA) is 67.6 Å². The average Bonchev–Trinajstić information content (AvgIpc) is 3.04. The third kappa shape index (κ3) is 3.04. The van der Waals surface area contributed by atoms with Gasteiger partial charge in [0, 0.05) is 34.8 Å². The molecule has 0 bridgehead atoms. The number of aromatic amines is 1. The van der Waals surface area contributed by atoms with Gasteiger partial charge in [0.2, 0.25) is 0 Å². The van der Waals surface area contributed by atoms with Crippen LogP contribution >= 0.6 is 0 Å². The number of halogens is 5. The summed E-state index contributed by atoms with van der Waals surface area (Å²) in [5, 5.41) is 0.151. The number of H-pyrrole nitrogens is 1. The van der Waals surface area contributed by atoms with Gasteiger partial charge in [0.25, 0.3) is 0 Å². The van der Waals surface area contributed by atoms with Crippen molar-refractivity contribution in [2.45, 2.75) is 6.18 Å². The van der Waals surface area contributed by atoms with Crippen molar-refractivity contribution in [3.8, 4) is 22.6 Å². The van der Waals surface area contributed by atoms with Crippen molar-refractivity contribution in [3.05, 3.63) is 65.9 Å². The molecule has 0 aliphatic heterocycles. The summed E-state index contributed by atoms with van der Waals surface area (Å²) in [7, 11) is 0. The predicted molar refractivity (Wildman–Crippen MR) is 94.1 cm³/mol. The lowest BCUT2D eigenvalue weighted by Crippen LogP contribution is -2.08. The largest absolute Gasteiger partial charge is 0.417 e. The maximum atomic E-state index is 13.9. The molecule has 0 radical (unpaired) electrons. The lowest BCUT2D eigenvalue weighted by atomic mass is 10.0. The Labute approximate surface area is 154 Å². The first kappa shape index (κ1) is 17.9. The number of aromatic nitrogens is 3. The van der Waals surface area contributed by atoms with Crippen LogP contribution in [-0.4, -0.2) is 15.0 Å². The van der Waals surface area contributed by atoms with Crippen LogP contribution in [0, 0.1) is 11.6 Å². The molecule has 28 heavy (non-hydrogen) atoms. The van der Waals surface area contributed by atoms with E-state index in [9.17, 15) is 22.0 Å². The second-order valence-electron chi connectivity index (χ2n) is 6.06. The smallest absolute Gasteiger partial charge is 0.384 e. The number of benzene rings is 2. The van der Waals surface area contributed by atoms with Crippen LogP contribution in [0.1, 0.15) is 5.56 Å². The zero-order valence-corrected chi connectivity index (χ0v) is 14.0. The van der Waals surface area contributed by atoms with E-state index in [1.165, 1.54) is 30.5 Å². The number of nitrogens with zero attached hydrogens (tertiary/aromatic N) is 2. The molecule has 0 aliphatic carbocycles. The summed E-state index contributed by atoms with van der Waals surface area (Å²) in [5.41, 5.74) is 4.91. The Bertz CT molecular complexity index is 1200. The first-order valence-electron chi connectivity index (χ1n) is 8.01. The molecule has 2 heterocycles. The van der Waals surface area contributed by atoms with E-state index in [1.807, 2.05) is 0 Å². The number of anilines is 1. The van der Waals surface area contributed by atoms with Crippen LogP contribution in [0.2, 0.25) is 0 Å². The van der Waals surface area contributed by atoms with Gasteiger partial charge < -0.3 is 10.7 Å². The zero-order chi connectivity index (χ0) is 20.1. The van der Waals surface area contributed by atoms with Crippen molar-refractivity contribution in [1.82, 2.24) is 15.0 Å². The average molecular weight is 390 g/mol. The molecule has 0 amide bonds. The van der Waals surface area contributed by atoms with E-state index in [4.69, 9.17) is 5.73 Å². The van der Waals surface area contributed by atoms with Gasteiger partial charge in [0.05, 0.1) is 16.8 Å². The molecule has 0 saturated carbocycles. The van der Waals surface area contributed by atoms with Crippen molar-refractivity contribution in [3.63, 3.8) is 0 Å². The third-order valence-corrected chi connectivity index (χ3v) is 4.20. The van der Waals surface area contributed by atoms with Crippen molar-refractivity contribution in [1.29, 1.82) is 0 Å². The summed E-state index contributed by atoms with van der Waals surface area (Å²) in [6.45, 7) is 0. The Morgan fingerprint density at radius 2 is 1.68 bits per heavy atom. The minimum Gasteiger partial charge on any atom is -0.384 e. The molecular weight excluding hydrogens is 379 g/mol. The Balaban J connectivity index is 1.94. The summed E-state index contributed by atoms with van der Waals surface area (Å²) >= 11 is 0. The van der Waals surface area contributed by atoms with Gasteiger partial charge in [-0.05, 0) is 12.1 Å². The number of fused-ring (bicyclic) bond motifs is 1. The highest BCUT2D eigenvalue weighted by Gasteiger charge is 2.33. The summed E-state index contributed by atoms with van der Waals surface area (Å²) < 4.78 is 67.6.